The van der Waals surface area contributed by atoms with Crippen LogP contribution in [0, 0.1) is 0 Å². The summed E-state index contributed by atoms with van der Waals surface area (Å²) in [6.45, 7) is 0.657. The molecule has 0 saturated carbocycles. The summed E-state index contributed by atoms with van der Waals surface area (Å²) in [5.74, 6) is 0.315. The van der Waals surface area contributed by atoms with Crippen molar-refractivity contribution in [2.45, 2.75) is 30.5 Å². The van der Waals surface area contributed by atoms with E-state index in [1.165, 1.54) is 18.0 Å². The minimum absolute atomic E-state index is 0. The van der Waals surface area contributed by atoms with E-state index in [4.69, 9.17) is 9.47 Å². The van der Waals surface area contributed by atoms with Gasteiger partial charge in [0.1, 0.15) is 0 Å². The van der Waals surface area contributed by atoms with Crippen LogP contribution < -0.4 is 4.74 Å². The third kappa shape index (κ3) is 3.12. The third-order valence-electron chi connectivity index (χ3n) is 2.53. The first-order valence-electron chi connectivity index (χ1n) is 5.08. The number of methoxy groups -OCH3 is 1. The van der Waals surface area contributed by atoms with Crippen LogP contribution in [0.15, 0.2) is 11.2 Å². The number of aromatic nitrogens is 2. The average Bonchev–Trinajstić information content (AvgIpc) is 2.73. The Morgan fingerprint density at radius 3 is 2.94 bits per heavy atom. The molecule has 2 rings (SSSR count). The van der Waals surface area contributed by atoms with Crippen LogP contribution in [0.3, 0.4) is 0 Å². The molecule has 1 aliphatic rings. The van der Waals surface area contributed by atoms with Crippen LogP contribution in [0.5, 0.6) is 5.75 Å². The van der Waals surface area contributed by atoms with Crippen LogP contribution in [-0.2, 0) is 15.8 Å². The van der Waals surface area contributed by atoms with Crippen molar-refractivity contribution in [2.24, 2.45) is 0 Å². The first-order chi connectivity index (χ1) is 7.74. The molecule has 0 amide bonds. The Kier molecular flexibility index (Phi) is 5.69. The summed E-state index contributed by atoms with van der Waals surface area (Å²) in [6.07, 6.45) is 4.02. The molecule has 17 heavy (non-hydrogen) atoms. The van der Waals surface area contributed by atoms with Gasteiger partial charge in [0.2, 0.25) is 11.1 Å². The van der Waals surface area contributed by atoms with E-state index in [1.807, 2.05) is 0 Å². The molecule has 0 radical (unpaired) electrons. The fraction of sp³-hybridized carbons (Fsp3) is 0.667. The molecule has 92 valence electrons. The summed E-state index contributed by atoms with van der Waals surface area (Å²) >= 11 is -2.13. The first kappa shape index (κ1) is 14.7. The zero-order chi connectivity index (χ0) is 11.5. The molecule has 1 fully saturated rings. The van der Waals surface area contributed by atoms with E-state index >= 15 is 0 Å². The molecule has 8 heteroatoms. The van der Waals surface area contributed by atoms with Gasteiger partial charge in [-0.3, -0.25) is 0 Å². The summed E-state index contributed by atoms with van der Waals surface area (Å²) in [5, 5.41) is 4.21. The average molecular weight is 254 g/mol. The Morgan fingerprint density at radius 2 is 2.41 bits per heavy atom. The Balaban J connectivity index is 0.00000144. The van der Waals surface area contributed by atoms with Gasteiger partial charge in [-0.1, -0.05) is 0 Å². The fourth-order valence-electron chi connectivity index (χ4n) is 1.76. The van der Waals surface area contributed by atoms with Crippen LogP contribution in [-0.4, -0.2) is 51.1 Å². The van der Waals surface area contributed by atoms with Crippen molar-refractivity contribution in [1.82, 2.24) is 9.78 Å². The van der Waals surface area contributed by atoms with Crippen LogP contribution in [0.1, 0.15) is 25.5 Å². The van der Waals surface area contributed by atoms with Gasteiger partial charge in [0.05, 0.1) is 13.3 Å². The molecule has 1 saturated heterocycles. The van der Waals surface area contributed by atoms with Crippen molar-refractivity contribution in [3.8, 4) is 5.75 Å². The second-order valence-corrected chi connectivity index (χ2v) is 4.42. The fourth-order valence-corrected chi connectivity index (χ4v) is 2.40. The van der Waals surface area contributed by atoms with Crippen LogP contribution >= 0.6 is 0 Å². The first-order valence-corrected chi connectivity index (χ1v) is 6.18. The molecule has 2 heterocycles. The summed E-state index contributed by atoms with van der Waals surface area (Å²) < 4.78 is 32.4. The molecule has 0 aliphatic carbocycles. The van der Waals surface area contributed by atoms with E-state index in [2.05, 4.69) is 5.10 Å². The monoisotopic (exact) mass is 254 g/mol. The van der Waals surface area contributed by atoms with E-state index in [-0.39, 0.29) is 30.1 Å². The minimum atomic E-state index is -2.13. The Morgan fingerprint density at radius 1 is 1.65 bits per heavy atom. The maximum atomic E-state index is 11.2. The van der Waals surface area contributed by atoms with Crippen molar-refractivity contribution in [3.05, 3.63) is 6.20 Å². The number of hydrogen-bond acceptors (Lipinski definition) is 4. The molecule has 2 unspecified atom stereocenters. The van der Waals surface area contributed by atoms with Crippen LogP contribution in [0.4, 0.5) is 0 Å². The molecular weight excluding hydrogens is 239 g/mol. The van der Waals surface area contributed by atoms with E-state index in [9.17, 15) is 8.76 Å². The van der Waals surface area contributed by atoms with E-state index < -0.39 is 11.1 Å². The molecule has 0 spiro atoms. The Labute approximate surface area is 114 Å². The maximum absolute atomic E-state index is 11.2. The number of nitrogens with zero attached hydrogens (tertiary/aromatic N) is 2. The van der Waals surface area contributed by atoms with Gasteiger partial charge < -0.3 is 14.0 Å². The van der Waals surface area contributed by atoms with Gasteiger partial charge >= 0.3 is 18.9 Å². The molecule has 1 N–H and O–H groups in total. The Bertz CT molecular complexity index is 392. The van der Waals surface area contributed by atoms with Gasteiger partial charge in [-0.05, 0) is 19.3 Å². The van der Waals surface area contributed by atoms with Gasteiger partial charge in [0.25, 0.3) is 0 Å². The second-order valence-electron chi connectivity index (χ2n) is 3.53. The van der Waals surface area contributed by atoms with Gasteiger partial charge in [0, 0.05) is 6.61 Å². The molecule has 1 aromatic rings. The van der Waals surface area contributed by atoms with Crippen LogP contribution in [0.2, 0.25) is 0 Å². The van der Waals surface area contributed by atoms with Crippen molar-refractivity contribution >= 4 is 29.9 Å². The molecule has 0 bridgehead atoms. The molecule has 6 nitrogen and oxygen atoms in total. The number of rotatable bonds is 3. The van der Waals surface area contributed by atoms with Crippen molar-refractivity contribution in [2.75, 3.05) is 13.7 Å². The van der Waals surface area contributed by atoms with Gasteiger partial charge in [-0.15, -0.1) is 0 Å². The third-order valence-corrected chi connectivity index (χ3v) is 3.25. The van der Waals surface area contributed by atoms with E-state index in [0.29, 0.717) is 12.4 Å². The predicted molar refractivity (Wildman–Crippen MR) is 63.8 cm³/mol. The standard InChI is InChI=1S/C9H14N2O4S.Li.H/c1-14-7-6-10-11(9(7)16(12)13)8-4-2-3-5-15-8;;/h6,8H,2-5H2,1H3,(H,12,13);;. The molecular formula is C9H15LiN2O4S. The van der Waals surface area contributed by atoms with Crippen molar-refractivity contribution < 1.29 is 18.2 Å². The van der Waals surface area contributed by atoms with Gasteiger partial charge in [-0.25, -0.2) is 8.89 Å². The second kappa shape index (κ2) is 6.57. The molecule has 0 aromatic carbocycles. The van der Waals surface area contributed by atoms with Crippen molar-refractivity contribution in [1.29, 1.82) is 0 Å². The van der Waals surface area contributed by atoms with Gasteiger partial charge in [-0.2, -0.15) is 5.10 Å². The van der Waals surface area contributed by atoms with E-state index in [0.717, 1.165) is 19.3 Å². The molecule has 1 aliphatic heterocycles. The van der Waals surface area contributed by atoms with E-state index in [1.54, 1.807) is 0 Å². The van der Waals surface area contributed by atoms with Gasteiger partial charge in [0.15, 0.2) is 17.0 Å². The number of ether oxygens (including phenoxy) is 2. The SMILES string of the molecule is COc1cnn(C2CCCCO2)c1S(=O)O.[LiH]. The normalized spacial score (nSPS) is 21.6. The van der Waals surface area contributed by atoms with Crippen molar-refractivity contribution in [3.63, 3.8) is 0 Å². The predicted octanol–water partition coefficient (Wildman–Crippen LogP) is 0.523. The summed E-state index contributed by atoms with van der Waals surface area (Å²) in [7, 11) is 1.44. The summed E-state index contributed by atoms with van der Waals surface area (Å²) in [6, 6.07) is 0. The molecule has 1 aromatic heterocycles. The van der Waals surface area contributed by atoms with Crippen LogP contribution in [0.25, 0.3) is 0 Å². The Hall–Kier alpha value is -0.323. The zero-order valence-electron chi connectivity index (χ0n) is 8.96. The molecule has 2 atom stereocenters. The summed E-state index contributed by atoms with van der Waals surface area (Å²) in [5.41, 5.74) is 0. The number of hydrogen-bond donors (Lipinski definition) is 1. The zero-order valence-corrected chi connectivity index (χ0v) is 9.77. The quantitative estimate of drug-likeness (QED) is 0.629. The summed E-state index contributed by atoms with van der Waals surface area (Å²) in [4.78, 5) is 0. The topological polar surface area (TPSA) is 73.6 Å².